The van der Waals surface area contributed by atoms with Gasteiger partial charge in [0.2, 0.25) is 5.91 Å². The van der Waals surface area contributed by atoms with Crippen LogP contribution < -0.4 is 4.74 Å². The largest absolute Gasteiger partial charge is 0.489 e. The molecule has 4 nitrogen and oxygen atoms in total. The molecule has 0 spiro atoms. The van der Waals surface area contributed by atoms with Crippen LogP contribution in [0.4, 0.5) is 13.2 Å². The van der Waals surface area contributed by atoms with Crippen molar-refractivity contribution in [3.05, 3.63) is 71.3 Å². The number of ether oxygens (including phenoxy) is 2. The van der Waals surface area contributed by atoms with Gasteiger partial charge in [0.05, 0.1) is 18.8 Å². The lowest BCUT2D eigenvalue weighted by atomic mass is 10.1. The molecule has 0 bridgehead atoms. The van der Waals surface area contributed by atoms with Crippen LogP contribution in [-0.2, 0) is 22.3 Å². The number of halogens is 3. The predicted molar refractivity (Wildman–Crippen MR) is 98.7 cm³/mol. The van der Waals surface area contributed by atoms with Crippen LogP contribution in [0.2, 0.25) is 0 Å². The third-order valence-corrected chi connectivity index (χ3v) is 4.29. The zero-order valence-electron chi connectivity index (χ0n) is 15.1. The highest BCUT2D eigenvalue weighted by Gasteiger charge is 2.29. The van der Waals surface area contributed by atoms with E-state index in [9.17, 15) is 18.0 Å². The fraction of sp³-hybridized carbons (Fsp3) is 0.286. The number of rotatable bonds is 5. The van der Waals surface area contributed by atoms with E-state index in [0.29, 0.717) is 37.6 Å². The Morgan fingerprint density at radius 3 is 2.50 bits per heavy atom. The van der Waals surface area contributed by atoms with Crippen LogP contribution in [0.5, 0.6) is 5.75 Å². The number of nitrogens with zero attached hydrogens (tertiary/aromatic N) is 1. The quantitative estimate of drug-likeness (QED) is 0.719. The first-order valence-corrected chi connectivity index (χ1v) is 8.85. The number of carbonyl (C=O) groups excluding carboxylic acids is 1. The fourth-order valence-corrected chi connectivity index (χ4v) is 2.72. The zero-order chi connectivity index (χ0) is 20.0. The molecule has 0 aromatic heterocycles. The normalized spacial score (nSPS) is 15.0. The number of amides is 1. The highest BCUT2D eigenvalue weighted by atomic mass is 19.4. The Hall–Kier alpha value is -2.80. The molecule has 28 heavy (non-hydrogen) atoms. The molecular weight excluding hydrogens is 371 g/mol. The van der Waals surface area contributed by atoms with Gasteiger partial charge in [-0.3, -0.25) is 4.79 Å². The molecule has 7 heteroatoms. The molecule has 2 aromatic rings. The first-order valence-electron chi connectivity index (χ1n) is 8.85. The second-order valence-electron chi connectivity index (χ2n) is 6.33. The van der Waals surface area contributed by atoms with Crippen molar-refractivity contribution < 1.29 is 27.4 Å². The smallest absolute Gasteiger partial charge is 0.416 e. The van der Waals surface area contributed by atoms with Gasteiger partial charge in [-0.2, -0.15) is 13.2 Å². The fourth-order valence-electron chi connectivity index (χ4n) is 2.72. The van der Waals surface area contributed by atoms with E-state index in [2.05, 4.69) is 0 Å². The van der Waals surface area contributed by atoms with Gasteiger partial charge in [0.1, 0.15) is 12.4 Å². The molecule has 1 heterocycles. The lowest BCUT2D eigenvalue weighted by Crippen LogP contribution is -2.39. The molecule has 2 aromatic carbocycles. The van der Waals surface area contributed by atoms with E-state index in [-0.39, 0.29) is 12.5 Å². The van der Waals surface area contributed by atoms with Crippen molar-refractivity contribution in [3.63, 3.8) is 0 Å². The molecule has 1 saturated heterocycles. The highest BCUT2D eigenvalue weighted by molar-refractivity contribution is 5.91. The lowest BCUT2D eigenvalue weighted by molar-refractivity contribution is -0.137. The molecule has 1 aliphatic heterocycles. The molecule has 1 amide bonds. The maximum atomic E-state index is 12.6. The van der Waals surface area contributed by atoms with Crippen molar-refractivity contribution in [1.82, 2.24) is 4.90 Å². The second-order valence-corrected chi connectivity index (χ2v) is 6.33. The molecule has 148 valence electrons. The minimum atomic E-state index is -4.35. The summed E-state index contributed by atoms with van der Waals surface area (Å²) in [5.41, 5.74) is 0.747. The Morgan fingerprint density at radius 1 is 1.11 bits per heavy atom. The number of hydrogen-bond donors (Lipinski definition) is 0. The van der Waals surface area contributed by atoms with Crippen LogP contribution in [0.15, 0.2) is 54.6 Å². The van der Waals surface area contributed by atoms with E-state index in [1.807, 2.05) is 6.07 Å². The Bertz CT molecular complexity index is 826. The van der Waals surface area contributed by atoms with Crippen LogP contribution in [0.25, 0.3) is 6.08 Å². The summed E-state index contributed by atoms with van der Waals surface area (Å²) in [4.78, 5) is 13.9. The SMILES string of the molecule is O=C(C=Cc1cccc(OCc2ccc(C(F)(F)F)cc2)c1)N1CCOCC1. The van der Waals surface area contributed by atoms with Crippen molar-refractivity contribution in [1.29, 1.82) is 0 Å². The van der Waals surface area contributed by atoms with E-state index >= 15 is 0 Å². The number of hydrogen-bond acceptors (Lipinski definition) is 3. The number of morpholine rings is 1. The van der Waals surface area contributed by atoms with Gasteiger partial charge in [-0.1, -0.05) is 24.3 Å². The van der Waals surface area contributed by atoms with Crippen molar-refractivity contribution in [2.45, 2.75) is 12.8 Å². The van der Waals surface area contributed by atoms with Crippen molar-refractivity contribution in [3.8, 4) is 5.75 Å². The standard InChI is InChI=1S/C21H20F3NO3/c22-21(23,24)18-7-4-17(5-8-18)15-28-19-3-1-2-16(14-19)6-9-20(26)25-10-12-27-13-11-25/h1-9,14H,10-13,15H2. The summed E-state index contributed by atoms with van der Waals surface area (Å²) in [6, 6.07) is 12.0. The molecule has 3 rings (SSSR count). The average molecular weight is 391 g/mol. The maximum Gasteiger partial charge on any atom is 0.416 e. The van der Waals surface area contributed by atoms with E-state index in [1.165, 1.54) is 18.2 Å². The van der Waals surface area contributed by atoms with Gasteiger partial charge in [-0.05, 0) is 41.5 Å². The van der Waals surface area contributed by atoms with Crippen LogP contribution in [0.1, 0.15) is 16.7 Å². The molecule has 0 atom stereocenters. The van der Waals surface area contributed by atoms with Gasteiger partial charge >= 0.3 is 6.18 Å². The maximum absolute atomic E-state index is 12.6. The summed E-state index contributed by atoms with van der Waals surface area (Å²) in [6.45, 7) is 2.41. The second kappa shape index (κ2) is 8.93. The number of carbonyl (C=O) groups is 1. The average Bonchev–Trinajstić information content (AvgIpc) is 2.71. The van der Waals surface area contributed by atoms with E-state index in [4.69, 9.17) is 9.47 Å². The Labute approximate surface area is 161 Å². The van der Waals surface area contributed by atoms with E-state index in [0.717, 1.165) is 17.7 Å². The molecule has 0 radical (unpaired) electrons. The van der Waals surface area contributed by atoms with Gasteiger partial charge < -0.3 is 14.4 Å². The minimum Gasteiger partial charge on any atom is -0.489 e. The van der Waals surface area contributed by atoms with Crippen LogP contribution in [-0.4, -0.2) is 37.1 Å². The molecular formula is C21H20F3NO3. The van der Waals surface area contributed by atoms with Crippen molar-refractivity contribution in [2.24, 2.45) is 0 Å². The van der Waals surface area contributed by atoms with Gasteiger partial charge in [0.25, 0.3) is 0 Å². The topological polar surface area (TPSA) is 38.8 Å². The molecule has 0 aliphatic carbocycles. The van der Waals surface area contributed by atoms with Gasteiger partial charge in [-0.25, -0.2) is 0 Å². The molecule has 1 aliphatic rings. The Balaban J connectivity index is 1.57. The predicted octanol–water partition coefficient (Wildman–Crippen LogP) is 4.16. The number of alkyl halides is 3. The summed E-state index contributed by atoms with van der Waals surface area (Å²) in [5.74, 6) is 0.500. The summed E-state index contributed by atoms with van der Waals surface area (Å²) >= 11 is 0. The lowest BCUT2D eigenvalue weighted by Gasteiger charge is -2.25. The summed E-state index contributed by atoms with van der Waals surface area (Å²) in [5, 5.41) is 0. The highest BCUT2D eigenvalue weighted by Crippen LogP contribution is 2.29. The summed E-state index contributed by atoms with van der Waals surface area (Å²) in [7, 11) is 0. The molecule has 0 N–H and O–H groups in total. The zero-order valence-corrected chi connectivity index (χ0v) is 15.1. The van der Waals surface area contributed by atoms with Gasteiger partial charge in [0, 0.05) is 19.2 Å². The van der Waals surface area contributed by atoms with Gasteiger partial charge in [-0.15, -0.1) is 0 Å². The summed E-state index contributed by atoms with van der Waals surface area (Å²) < 4.78 is 48.7. The third-order valence-electron chi connectivity index (χ3n) is 4.29. The minimum absolute atomic E-state index is 0.0700. The molecule has 0 unspecified atom stereocenters. The van der Waals surface area contributed by atoms with E-state index in [1.54, 1.807) is 29.2 Å². The van der Waals surface area contributed by atoms with Crippen molar-refractivity contribution >= 4 is 12.0 Å². The first-order chi connectivity index (χ1) is 13.4. The van der Waals surface area contributed by atoms with Crippen LogP contribution >= 0.6 is 0 Å². The van der Waals surface area contributed by atoms with Crippen LogP contribution in [0, 0.1) is 0 Å². The molecule has 1 fully saturated rings. The number of benzene rings is 2. The van der Waals surface area contributed by atoms with Crippen molar-refractivity contribution in [2.75, 3.05) is 26.3 Å². The van der Waals surface area contributed by atoms with Crippen LogP contribution in [0.3, 0.4) is 0 Å². The molecule has 0 saturated carbocycles. The van der Waals surface area contributed by atoms with Gasteiger partial charge in [0.15, 0.2) is 0 Å². The van der Waals surface area contributed by atoms with E-state index < -0.39 is 11.7 Å². The monoisotopic (exact) mass is 391 g/mol. The Kier molecular flexibility index (Phi) is 6.36. The first kappa shape index (κ1) is 19.9. The Morgan fingerprint density at radius 2 is 1.82 bits per heavy atom. The summed E-state index contributed by atoms with van der Waals surface area (Å²) in [6.07, 6.45) is -1.12. The third kappa shape index (κ3) is 5.60.